The SMILES string of the molecule is NC(=NO)c1cncc(-c2nc(NCc3ccccn3)c3c(-c4ccccc4)cccc3n2)c1.c1ccc(-c2cccc3nc(-c4cncc(-c5ncon5)c4)nc(NCc4ccccn4)c23)cc1. The Labute approximate surface area is 394 Å². The van der Waals surface area contributed by atoms with Crippen LogP contribution >= 0.6 is 0 Å². The molecule has 7 aromatic heterocycles. The molecule has 0 aliphatic rings. The molecule has 0 saturated carbocycles. The van der Waals surface area contributed by atoms with E-state index >= 15 is 0 Å². The molecule has 11 rings (SSSR count). The quantitative estimate of drug-likeness (QED) is 0.0387. The second-order valence-corrected chi connectivity index (χ2v) is 15.4. The van der Waals surface area contributed by atoms with Crippen LogP contribution in [0.3, 0.4) is 0 Å². The van der Waals surface area contributed by atoms with Gasteiger partial charge < -0.3 is 26.1 Å². The minimum absolute atomic E-state index is 0.0324. The Morgan fingerprint density at radius 1 is 0.507 bits per heavy atom. The molecule has 7 heterocycles. The van der Waals surface area contributed by atoms with Crippen molar-refractivity contribution in [1.82, 2.24) is 50.0 Å². The second-order valence-electron chi connectivity index (χ2n) is 15.4. The van der Waals surface area contributed by atoms with Gasteiger partial charge in [-0.3, -0.25) is 19.9 Å². The zero-order chi connectivity index (χ0) is 46.8. The lowest BCUT2D eigenvalue weighted by atomic mass is 10.0. The molecular weight excluding hydrogens is 865 g/mol. The van der Waals surface area contributed by atoms with Crippen LogP contribution in [0.25, 0.3) is 78.2 Å². The van der Waals surface area contributed by atoms with E-state index in [9.17, 15) is 0 Å². The van der Waals surface area contributed by atoms with E-state index < -0.39 is 0 Å². The molecule has 5 N–H and O–H groups in total. The molecular formula is C53H40N14O2. The minimum atomic E-state index is -0.0324. The first-order valence-corrected chi connectivity index (χ1v) is 21.7. The van der Waals surface area contributed by atoms with Crippen molar-refractivity contribution < 1.29 is 9.73 Å². The number of aromatic nitrogens is 10. The molecule has 0 fully saturated rings. The highest BCUT2D eigenvalue weighted by molar-refractivity contribution is 6.04. The van der Waals surface area contributed by atoms with Gasteiger partial charge in [-0.25, -0.2) is 19.9 Å². The van der Waals surface area contributed by atoms with Crippen LogP contribution in [-0.2, 0) is 13.1 Å². The lowest BCUT2D eigenvalue weighted by Gasteiger charge is -2.14. The maximum Gasteiger partial charge on any atom is 0.214 e. The Hall–Kier alpha value is -9.83. The van der Waals surface area contributed by atoms with Gasteiger partial charge >= 0.3 is 0 Å². The maximum atomic E-state index is 9.04. The normalized spacial score (nSPS) is 11.2. The van der Waals surface area contributed by atoms with Gasteiger partial charge in [0.05, 0.1) is 46.3 Å². The molecule has 0 radical (unpaired) electrons. The lowest BCUT2D eigenvalue weighted by molar-refractivity contribution is 0.318. The molecule has 16 nitrogen and oxygen atoms in total. The van der Waals surface area contributed by atoms with Crippen LogP contribution in [0.1, 0.15) is 17.0 Å². The Balaban J connectivity index is 0.000000160. The van der Waals surface area contributed by atoms with E-state index in [-0.39, 0.29) is 5.84 Å². The number of benzene rings is 4. The molecule has 16 heteroatoms. The highest BCUT2D eigenvalue weighted by atomic mass is 16.5. The first kappa shape index (κ1) is 43.1. The average molecular weight is 905 g/mol. The van der Waals surface area contributed by atoms with Gasteiger partial charge in [0.15, 0.2) is 17.5 Å². The van der Waals surface area contributed by atoms with Crippen molar-refractivity contribution in [3.05, 3.63) is 206 Å². The van der Waals surface area contributed by atoms with Crippen molar-refractivity contribution in [2.24, 2.45) is 10.9 Å². The average Bonchev–Trinajstić information content (AvgIpc) is 3.98. The van der Waals surface area contributed by atoms with Gasteiger partial charge in [-0.05, 0) is 70.8 Å². The van der Waals surface area contributed by atoms with Crippen molar-refractivity contribution in [2.75, 3.05) is 10.6 Å². The molecule has 0 atom stereocenters. The van der Waals surface area contributed by atoms with Gasteiger partial charge in [-0.15, -0.1) is 0 Å². The van der Waals surface area contributed by atoms with E-state index in [2.05, 4.69) is 82.3 Å². The van der Waals surface area contributed by atoms with E-state index in [1.807, 2.05) is 103 Å². The molecule has 69 heavy (non-hydrogen) atoms. The Morgan fingerprint density at radius 3 is 1.51 bits per heavy atom. The molecule has 4 aromatic carbocycles. The number of hydrogen-bond donors (Lipinski definition) is 4. The van der Waals surface area contributed by atoms with Gasteiger partial charge in [-0.2, -0.15) is 4.98 Å². The van der Waals surface area contributed by atoms with Gasteiger partial charge in [-0.1, -0.05) is 107 Å². The van der Waals surface area contributed by atoms with Crippen molar-refractivity contribution in [2.45, 2.75) is 13.1 Å². The predicted octanol–water partition coefficient (Wildman–Crippen LogP) is 9.88. The van der Waals surface area contributed by atoms with Crippen LogP contribution in [0.2, 0.25) is 0 Å². The molecule has 0 amide bonds. The molecule has 0 unspecified atom stereocenters. The number of pyridine rings is 4. The molecule has 11 aromatic rings. The van der Waals surface area contributed by atoms with Crippen molar-refractivity contribution in [3.63, 3.8) is 0 Å². The molecule has 0 bridgehead atoms. The van der Waals surface area contributed by atoms with E-state index in [0.29, 0.717) is 47.5 Å². The smallest absolute Gasteiger partial charge is 0.214 e. The molecule has 0 spiro atoms. The Morgan fingerprint density at radius 2 is 1.01 bits per heavy atom. The largest absolute Gasteiger partial charge is 0.409 e. The number of nitrogens with two attached hydrogens (primary N) is 1. The van der Waals surface area contributed by atoms with Gasteiger partial charge in [0, 0.05) is 59.4 Å². The Bertz CT molecular complexity index is 3530. The third-order valence-corrected chi connectivity index (χ3v) is 11.0. The van der Waals surface area contributed by atoms with Crippen molar-refractivity contribution in [3.8, 4) is 56.4 Å². The molecule has 334 valence electrons. The van der Waals surface area contributed by atoms with Crippen molar-refractivity contribution in [1.29, 1.82) is 0 Å². The highest BCUT2D eigenvalue weighted by Gasteiger charge is 2.18. The number of rotatable bonds is 12. The monoisotopic (exact) mass is 904 g/mol. The summed E-state index contributed by atoms with van der Waals surface area (Å²) in [5.41, 5.74) is 16.0. The summed E-state index contributed by atoms with van der Waals surface area (Å²) in [5, 5.41) is 24.8. The maximum absolute atomic E-state index is 9.04. The third-order valence-electron chi connectivity index (χ3n) is 11.0. The first-order valence-electron chi connectivity index (χ1n) is 21.7. The summed E-state index contributed by atoms with van der Waals surface area (Å²) in [6.07, 6.45) is 11.4. The summed E-state index contributed by atoms with van der Waals surface area (Å²) in [4.78, 5) is 41.1. The number of anilines is 2. The van der Waals surface area contributed by atoms with Crippen LogP contribution < -0.4 is 16.4 Å². The number of oxime groups is 1. The minimum Gasteiger partial charge on any atom is -0.409 e. The lowest BCUT2D eigenvalue weighted by Crippen LogP contribution is -2.13. The van der Waals surface area contributed by atoms with E-state index in [1.54, 1.807) is 37.1 Å². The number of hydrogen-bond acceptors (Lipinski definition) is 15. The van der Waals surface area contributed by atoms with Crippen molar-refractivity contribution >= 4 is 39.3 Å². The summed E-state index contributed by atoms with van der Waals surface area (Å²) in [6.45, 7) is 1.02. The van der Waals surface area contributed by atoms with Gasteiger partial charge in [0.25, 0.3) is 0 Å². The fraction of sp³-hybridized carbons (Fsp3) is 0.0377. The van der Waals surface area contributed by atoms with E-state index in [1.165, 1.54) is 12.6 Å². The second kappa shape index (κ2) is 20.1. The molecule has 0 aliphatic heterocycles. The van der Waals surface area contributed by atoms with E-state index in [4.69, 9.17) is 35.4 Å². The van der Waals surface area contributed by atoms with Crippen LogP contribution in [0.4, 0.5) is 11.6 Å². The fourth-order valence-electron chi connectivity index (χ4n) is 7.69. The zero-order valence-electron chi connectivity index (χ0n) is 36.7. The first-order chi connectivity index (χ1) is 34.1. The van der Waals surface area contributed by atoms with Crippen LogP contribution in [0.5, 0.6) is 0 Å². The van der Waals surface area contributed by atoms with Crippen LogP contribution in [0, 0.1) is 0 Å². The highest BCUT2D eigenvalue weighted by Crippen LogP contribution is 2.36. The van der Waals surface area contributed by atoms with Crippen LogP contribution in [-0.4, -0.2) is 61.1 Å². The fourth-order valence-corrected chi connectivity index (χ4v) is 7.69. The molecule has 0 saturated heterocycles. The van der Waals surface area contributed by atoms with Gasteiger partial charge in [0.2, 0.25) is 12.2 Å². The summed E-state index contributed by atoms with van der Waals surface area (Å²) >= 11 is 0. The number of amidine groups is 1. The van der Waals surface area contributed by atoms with E-state index in [0.717, 1.165) is 72.4 Å². The number of nitrogens with zero attached hydrogens (tertiary/aromatic N) is 11. The standard InChI is InChI=1S/C27H19N7O.C26H21N7O/c1-2-7-18(8-3-1)22-10-6-11-23-24(22)27(30-16-21-9-4-5-12-29-21)33-26(32-23)20-13-19(14-28-15-20)25-31-17-35-34-25;27-24(33-34)18-13-19(15-28-14-18)25-31-22-11-6-10-21(17-7-2-1-3-8-17)23(22)26(32-25)30-16-20-9-4-5-12-29-20/h1-15,17H,16H2,(H,30,32,33);1-15,34H,16H2,(H2,27,33)(H,30,31,32). The third kappa shape index (κ3) is 9.75. The van der Waals surface area contributed by atoms with Gasteiger partial charge in [0.1, 0.15) is 11.6 Å². The number of fused-ring (bicyclic) bond motifs is 2. The summed E-state index contributed by atoms with van der Waals surface area (Å²) in [5.74, 6) is 2.85. The summed E-state index contributed by atoms with van der Waals surface area (Å²) < 4.78 is 4.88. The predicted molar refractivity (Wildman–Crippen MR) is 265 cm³/mol. The summed E-state index contributed by atoms with van der Waals surface area (Å²) in [7, 11) is 0. The molecule has 0 aliphatic carbocycles. The number of nitrogens with one attached hydrogen (secondary N) is 2. The zero-order valence-corrected chi connectivity index (χ0v) is 36.7. The Kier molecular flexibility index (Phi) is 12.6. The van der Waals surface area contributed by atoms with Crippen LogP contribution in [0.15, 0.2) is 199 Å². The topological polar surface area (TPSA) is 225 Å². The summed E-state index contributed by atoms with van der Waals surface area (Å²) in [6, 6.07) is 47.8.